The second-order valence-electron chi connectivity index (χ2n) is 5.18. The molecule has 112 valence electrons. The highest BCUT2D eigenvalue weighted by Gasteiger charge is 2.08. The predicted molar refractivity (Wildman–Crippen MR) is 86.8 cm³/mol. The molecule has 0 spiro atoms. The molecule has 0 bridgehead atoms. The molecule has 1 N–H and O–H groups in total. The van der Waals surface area contributed by atoms with Gasteiger partial charge >= 0.3 is 0 Å². The first-order chi connectivity index (χ1) is 10.2. The van der Waals surface area contributed by atoms with Crippen LogP contribution in [0.25, 0.3) is 0 Å². The van der Waals surface area contributed by atoms with E-state index in [4.69, 9.17) is 4.74 Å². The Hall–Kier alpha value is -2.00. The van der Waals surface area contributed by atoms with Gasteiger partial charge in [0.2, 0.25) is 0 Å². The van der Waals surface area contributed by atoms with E-state index in [1.165, 1.54) is 11.3 Å². The second-order valence-corrected chi connectivity index (χ2v) is 5.18. The summed E-state index contributed by atoms with van der Waals surface area (Å²) in [5.74, 6) is 0.851. The smallest absolute Gasteiger partial charge is 0.123 e. The van der Waals surface area contributed by atoms with Gasteiger partial charge in [0.25, 0.3) is 0 Å². The zero-order valence-corrected chi connectivity index (χ0v) is 13.0. The molecule has 0 fully saturated rings. The molecule has 0 aliphatic heterocycles. The molecule has 0 radical (unpaired) electrons. The van der Waals surface area contributed by atoms with Gasteiger partial charge in [-0.25, -0.2) is 0 Å². The Kier molecular flexibility index (Phi) is 5.23. The van der Waals surface area contributed by atoms with Crippen LogP contribution in [0.15, 0.2) is 42.5 Å². The van der Waals surface area contributed by atoms with Crippen molar-refractivity contribution in [2.24, 2.45) is 0 Å². The summed E-state index contributed by atoms with van der Waals surface area (Å²) in [4.78, 5) is 2.18. The van der Waals surface area contributed by atoms with Crippen LogP contribution < -0.4 is 9.64 Å². The van der Waals surface area contributed by atoms with Crippen molar-refractivity contribution in [1.29, 1.82) is 0 Å². The number of rotatable bonds is 6. The predicted octanol–water partition coefficient (Wildman–Crippen LogP) is 3.39. The number of aliphatic hydroxyl groups is 1. The molecule has 0 saturated heterocycles. The van der Waals surface area contributed by atoms with Crippen LogP contribution >= 0.6 is 0 Å². The molecule has 0 aliphatic rings. The lowest BCUT2D eigenvalue weighted by molar-refractivity contribution is 0.281. The van der Waals surface area contributed by atoms with Crippen LogP contribution in [0.5, 0.6) is 5.75 Å². The van der Waals surface area contributed by atoms with E-state index in [1.807, 2.05) is 18.2 Å². The Balaban J connectivity index is 2.19. The number of hydrogen-bond acceptors (Lipinski definition) is 3. The third-order valence-electron chi connectivity index (χ3n) is 3.72. The Morgan fingerprint density at radius 2 is 1.71 bits per heavy atom. The van der Waals surface area contributed by atoms with E-state index in [2.05, 4.69) is 43.1 Å². The van der Waals surface area contributed by atoms with Gasteiger partial charge in [0.15, 0.2) is 0 Å². The minimum Gasteiger partial charge on any atom is -0.496 e. The molecule has 2 aromatic carbocycles. The number of methoxy groups -OCH3 is 1. The molecule has 0 amide bonds. The number of aryl methyl sites for hydroxylation is 1. The first kappa shape index (κ1) is 15.4. The fourth-order valence-corrected chi connectivity index (χ4v) is 2.39. The van der Waals surface area contributed by atoms with E-state index >= 15 is 0 Å². The van der Waals surface area contributed by atoms with Crippen LogP contribution in [-0.4, -0.2) is 19.3 Å². The van der Waals surface area contributed by atoms with Gasteiger partial charge in [-0.05, 0) is 41.8 Å². The molecule has 0 unspecified atom stereocenters. The van der Waals surface area contributed by atoms with Gasteiger partial charge in [-0.3, -0.25) is 0 Å². The van der Waals surface area contributed by atoms with Crippen molar-refractivity contribution in [2.45, 2.75) is 26.5 Å². The van der Waals surface area contributed by atoms with E-state index in [0.29, 0.717) is 0 Å². The maximum atomic E-state index is 9.28. The lowest BCUT2D eigenvalue weighted by Gasteiger charge is -2.21. The number of nitrogens with zero attached hydrogens (tertiary/aromatic N) is 1. The summed E-state index contributed by atoms with van der Waals surface area (Å²) in [5.41, 5.74) is 4.49. The third-order valence-corrected chi connectivity index (χ3v) is 3.72. The summed E-state index contributed by atoms with van der Waals surface area (Å²) in [6.07, 6.45) is 1.05. The molecule has 0 heterocycles. The lowest BCUT2D eigenvalue weighted by atomic mass is 10.1. The minimum atomic E-state index is 0.0475. The van der Waals surface area contributed by atoms with E-state index < -0.39 is 0 Å². The summed E-state index contributed by atoms with van der Waals surface area (Å²) >= 11 is 0. The van der Waals surface area contributed by atoms with Crippen LogP contribution in [0, 0.1) is 0 Å². The second kappa shape index (κ2) is 7.14. The summed E-state index contributed by atoms with van der Waals surface area (Å²) in [5, 5.41) is 9.28. The zero-order valence-electron chi connectivity index (χ0n) is 13.0. The van der Waals surface area contributed by atoms with Crippen LogP contribution in [0.1, 0.15) is 23.6 Å². The third kappa shape index (κ3) is 3.76. The molecule has 0 aromatic heterocycles. The standard InChI is InChI=1S/C18H23NO2/c1-4-14-5-8-17(9-6-14)19(2)12-16-11-15(13-20)7-10-18(16)21-3/h5-11,20H,4,12-13H2,1-3H3. The number of hydrogen-bond donors (Lipinski definition) is 1. The highest BCUT2D eigenvalue weighted by molar-refractivity contribution is 5.49. The fraction of sp³-hybridized carbons (Fsp3) is 0.333. The monoisotopic (exact) mass is 285 g/mol. The van der Waals surface area contributed by atoms with E-state index in [1.54, 1.807) is 7.11 Å². The number of ether oxygens (including phenoxy) is 1. The topological polar surface area (TPSA) is 32.7 Å². The fourth-order valence-electron chi connectivity index (χ4n) is 2.39. The van der Waals surface area contributed by atoms with Crippen LogP contribution in [-0.2, 0) is 19.6 Å². The Morgan fingerprint density at radius 1 is 1.05 bits per heavy atom. The summed E-state index contributed by atoms with van der Waals surface area (Å²) < 4.78 is 5.41. The summed E-state index contributed by atoms with van der Waals surface area (Å²) in [6, 6.07) is 14.4. The van der Waals surface area contributed by atoms with Gasteiger partial charge in [0, 0.05) is 24.8 Å². The van der Waals surface area contributed by atoms with Gasteiger partial charge in [-0.2, -0.15) is 0 Å². The highest BCUT2D eigenvalue weighted by atomic mass is 16.5. The molecular formula is C18H23NO2. The van der Waals surface area contributed by atoms with Gasteiger partial charge in [0.1, 0.15) is 5.75 Å². The van der Waals surface area contributed by atoms with E-state index in [0.717, 1.165) is 29.8 Å². The Morgan fingerprint density at radius 3 is 2.29 bits per heavy atom. The first-order valence-electron chi connectivity index (χ1n) is 7.24. The Labute approximate surface area is 126 Å². The SMILES string of the molecule is CCc1ccc(N(C)Cc2cc(CO)ccc2OC)cc1. The van der Waals surface area contributed by atoms with E-state index in [9.17, 15) is 5.11 Å². The van der Waals surface area contributed by atoms with Crippen LogP contribution in [0.3, 0.4) is 0 Å². The van der Waals surface area contributed by atoms with Crippen molar-refractivity contribution in [3.63, 3.8) is 0 Å². The maximum Gasteiger partial charge on any atom is 0.123 e. The molecule has 0 atom stereocenters. The maximum absolute atomic E-state index is 9.28. The molecular weight excluding hydrogens is 262 g/mol. The molecule has 3 heteroatoms. The molecule has 0 aliphatic carbocycles. The molecule has 0 saturated carbocycles. The zero-order chi connectivity index (χ0) is 15.2. The van der Waals surface area contributed by atoms with Crippen LogP contribution in [0.4, 0.5) is 5.69 Å². The average molecular weight is 285 g/mol. The Bertz CT molecular complexity index is 578. The molecule has 21 heavy (non-hydrogen) atoms. The van der Waals surface area contributed by atoms with Crippen LogP contribution in [0.2, 0.25) is 0 Å². The van der Waals surface area contributed by atoms with Gasteiger partial charge < -0.3 is 14.7 Å². The minimum absolute atomic E-state index is 0.0475. The largest absolute Gasteiger partial charge is 0.496 e. The quantitative estimate of drug-likeness (QED) is 0.883. The average Bonchev–Trinajstić information content (AvgIpc) is 2.54. The molecule has 3 nitrogen and oxygen atoms in total. The molecule has 2 rings (SSSR count). The number of aliphatic hydroxyl groups excluding tert-OH is 1. The number of anilines is 1. The molecule has 2 aromatic rings. The van der Waals surface area contributed by atoms with Crippen molar-refractivity contribution < 1.29 is 9.84 Å². The number of benzene rings is 2. The normalized spacial score (nSPS) is 10.5. The van der Waals surface area contributed by atoms with E-state index in [-0.39, 0.29) is 6.61 Å². The first-order valence-corrected chi connectivity index (χ1v) is 7.24. The van der Waals surface area contributed by atoms with Crippen molar-refractivity contribution in [2.75, 3.05) is 19.1 Å². The lowest BCUT2D eigenvalue weighted by Crippen LogP contribution is -2.17. The van der Waals surface area contributed by atoms with Gasteiger partial charge in [-0.1, -0.05) is 25.1 Å². The van der Waals surface area contributed by atoms with Gasteiger partial charge in [0.05, 0.1) is 13.7 Å². The summed E-state index contributed by atoms with van der Waals surface area (Å²) in [6.45, 7) is 2.94. The van der Waals surface area contributed by atoms with Crippen molar-refractivity contribution in [3.05, 3.63) is 59.2 Å². The van der Waals surface area contributed by atoms with Crippen molar-refractivity contribution in [1.82, 2.24) is 0 Å². The highest BCUT2D eigenvalue weighted by Crippen LogP contribution is 2.24. The van der Waals surface area contributed by atoms with Gasteiger partial charge in [-0.15, -0.1) is 0 Å². The van der Waals surface area contributed by atoms with Crippen molar-refractivity contribution in [3.8, 4) is 5.75 Å². The summed E-state index contributed by atoms with van der Waals surface area (Å²) in [7, 11) is 3.74. The van der Waals surface area contributed by atoms with Crippen molar-refractivity contribution >= 4 is 5.69 Å².